The van der Waals surface area contributed by atoms with Gasteiger partial charge >= 0.3 is 0 Å². The Morgan fingerprint density at radius 2 is 1.73 bits per heavy atom. The number of carbonyl (C=O) groups is 1. The second-order valence-electron chi connectivity index (χ2n) is 6.84. The molecule has 0 N–H and O–H groups in total. The molecule has 6 nitrogen and oxygen atoms in total. The van der Waals surface area contributed by atoms with E-state index in [1.165, 1.54) is 4.68 Å². The lowest BCUT2D eigenvalue weighted by Gasteiger charge is -2.32. The average Bonchev–Trinajstić information content (AvgIpc) is 3.21. The molecule has 1 aliphatic heterocycles. The van der Waals surface area contributed by atoms with Gasteiger partial charge < -0.3 is 9.47 Å². The van der Waals surface area contributed by atoms with Crippen molar-refractivity contribution in [2.24, 2.45) is 7.05 Å². The molecule has 6 heteroatoms. The van der Waals surface area contributed by atoms with Gasteiger partial charge in [0, 0.05) is 44.0 Å². The first-order chi connectivity index (χ1) is 12.6. The molecule has 0 unspecified atom stereocenters. The van der Waals surface area contributed by atoms with Gasteiger partial charge in [-0.3, -0.25) is 9.59 Å². The molecule has 0 bridgehead atoms. The summed E-state index contributed by atoms with van der Waals surface area (Å²) in [6.07, 6.45) is 6.32. The molecule has 0 radical (unpaired) electrons. The van der Waals surface area contributed by atoms with Crippen molar-refractivity contribution < 1.29 is 4.79 Å². The predicted molar refractivity (Wildman–Crippen MR) is 100.0 cm³/mol. The minimum absolute atomic E-state index is 0.0762. The summed E-state index contributed by atoms with van der Waals surface area (Å²) < 4.78 is 3.55. The molecule has 1 amide bonds. The van der Waals surface area contributed by atoms with Crippen molar-refractivity contribution in [3.63, 3.8) is 0 Å². The minimum Gasteiger partial charge on any atom is -0.351 e. The van der Waals surface area contributed by atoms with Crippen LogP contribution in [0.25, 0.3) is 10.8 Å². The summed E-state index contributed by atoms with van der Waals surface area (Å²) >= 11 is 0. The molecule has 3 heterocycles. The molecule has 1 fully saturated rings. The van der Waals surface area contributed by atoms with Crippen LogP contribution in [0, 0.1) is 0 Å². The lowest BCUT2D eigenvalue weighted by Crippen LogP contribution is -2.40. The molecule has 1 aliphatic rings. The Labute approximate surface area is 151 Å². The Kier molecular flexibility index (Phi) is 4.32. The predicted octanol–water partition coefficient (Wildman–Crippen LogP) is 2.14. The van der Waals surface area contributed by atoms with Crippen molar-refractivity contribution in [1.29, 1.82) is 0 Å². The quantitative estimate of drug-likeness (QED) is 0.727. The first-order valence-corrected chi connectivity index (χ1v) is 8.98. The first-order valence-electron chi connectivity index (χ1n) is 8.98. The highest BCUT2D eigenvalue weighted by Gasteiger charge is 2.24. The Hall–Kier alpha value is -2.89. The molecule has 26 heavy (non-hydrogen) atoms. The van der Waals surface area contributed by atoms with E-state index in [9.17, 15) is 9.59 Å². The first kappa shape index (κ1) is 16.6. The van der Waals surface area contributed by atoms with Crippen LogP contribution in [0.2, 0.25) is 0 Å². The highest BCUT2D eigenvalue weighted by molar-refractivity contribution is 5.88. The zero-order valence-electron chi connectivity index (χ0n) is 14.8. The number of nitrogens with zero attached hydrogens (tertiary/aromatic N) is 4. The second-order valence-corrected chi connectivity index (χ2v) is 6.84. The lowest BCUT2D eigenvalue weighted by atomic mass is 10.0. The van der Waals surface area contributed by atoms with E-state index in [4.69, 9.17) is 0 Å². The van der Waals surface area contributed by atoms with Crippen LogP contribution in [-0.2, 0) is 18.3 Å². The third-order valence-electron chi connectivity index (χ3n) is 5.22. The number of amides is 1. The van der Waals surface area contributed by atoms with E-state index in [0.29, 0.717) is 17.1 Å². The highest BCUT2D eigenvalue weighted by Crippen LogP contribution is 2.23. The summed E-state index contributed by atoms with van der Waals surface area (Å²) in [6.45, 7) is 1.51. The van der Waals surface area contributed by atoms with Gasteiger partial charge in [0.2, 0.25) is 5.91 Å². The van der Waals surface area contributed by atoms with Crippen molar-refractivity contribution >= 4 is 16.7 Å². The third-order valence-corrected chi connectivity index (χ3v) is 5.22. The van der Waals surface area contributed by atoms with Gasteiger partial charge in [0.05, 0.1) is 17.5 Å². The van der Waals surface area contributed by atoms with E-state index in [1.54, 1.807) is 13.1 Å². The van der Waals surface area contributed by atoms with E-state index in [1.807, 2.05) is 35.2 Å². The van der Waals surface area contributed by atoms with Crippen LogP contribution in [0.5, 0.6) is 0 Å². The fourth-order valence-corrected chi connectivity index (χ4v) is 3.77. The SMILES string of the molecule is Cn1nc(CC(=O)N2CCC(n3cccc3)CC2)c2ccccc2c1=O. The number of hydrogen-bond acceptors (Lipinski definition) is 3. The standard InChI is InChI=1S/C20H22N4O2/c1-22-20(26)17-7-3-2-6-16(17)18(21-22)14-19(25)24-12-8-15(9-13-24)23-10-4-5-11-23/h2-7,10-11,15H,8-9,12-14H2,1H3. The zero-order chi connectivity index (χ0) is 18.1. The van der Waals surface area contributed by atoms with E-state index in [2.05, 4.69) is 22.1 Å². The fraction of sp³-hybridized carbons (Fsp3) is 0.350. The highest BCUT2D eigenvalue weighted by atomic mass is 16.2. The summed E-state index contributed by atoms with van der Waals surface area (Å²) in [7, 11) is 1.63. The Balaban J connectivity index is 1.50. The van der Waals surface area contributed by atoms with Gasteiger partial charge in [-0.25, -0.2) is 4.68 Å². The molecule has 4 rings (SSSR count). The van der Waals surface area contributed by atoms with Gasteiger partial charge in [0.1, 0.15) is 0 Å². The number of benzene rings is 1. The number of aromatic nitrogens is 3. The second kappa shape index (κ2) is 6.78. The molecule has 1 saturated heterocycles. The van der Waals surface area contributed by atoms with Crippen LogP contribution in [0.4, 0.5) is 0 Å². The number of hydrogen-bond donors (Lipinski definition) is 0. The molecule has 3 aromatic rings. The molecule has 0 spiro atoms. The van der Waals surface area contributed by atoms with E-state index < -0.39 is 0 Å². The van der Waals surface area contributed by atoms with Crippen molar-refractivity contribution in [3.8, 4) is 0 Å². The zero-order valence-corrected chi connectivity index (χ0v) is 14.8. The molecular weight excluding hydrogens is 328 g/mol. The molecule has 0 atom stereocenters. The van der Waals surface area contributed by atoms with E-state index >= 15 is 0 Å². The van der Waals surface area contributed by atoms with Gasteiger partial charge in [0.25, 0.3) is 5.56 Å². The molecule has 1 aromatic carbocycles. The smallest absolute Gasteiger partial charge is 0.274 e. The monoisotopic (exact) mass is 350 g/mol. The van der Waals surface area contributed by atoms with Crippen molar-refractivity contribution in [2.75, 3.05) is 13.1 Å². The number of fused-ring (bicyclic) bond motifs is 1. The Morgan fingerprint density at radius 1 is 1.08 bits per heavy atom. The maximum atomic E-state index is 12.8. The van der Waals surface area contributed by atoms with Crippen LogP contribution in [0.3, 0.4) is 0 Å². The molecule has 134 valence electrons. The number of piperidine rings is 1. The van der Waals surface area contributed by atoms with Gasteiger partial charge in [-0.05, 0) is 31.0 Å². The third kappa shape index (κ3) is 3.03. The van der Waals surface area contributed by atoms with Gasteiger partial charge in [0.15, 0.2) is 0 Å². The van der Waals surface area contributed by atoms with Crippen LogP contribution in [-0.4, -0.2) is 38.2 Å². The number of carbonyl (C=O) groups excluding carboxylic acids is 1. The van der Waals surface area contributed by atoms with Gasteiger partial charge in [-0.2, -0.15) is 5.10 Å². The Morgan fingerprint density at radius 3 is 2.42 bits per heavy atom. The van der Waals surface area contributed by atoms with E-state index in [-0.39, 0.29) is 17.9 Å². The summed E-state index contributed by atoms with van der Waals surface area (Å²) in [6, 6.07) is 11.9. The normalized spacial score (nSPS) is 15.5. The maximum absolute atomic E-state index is 12.8. The molecule has 0 aliphatic carbocycles. The lowest BCUT2D eigenvalue weighted by molar-refractivity contribution is -0.131. The van der Waals surface area contributed by atoms with Crippen molar-refractivity contribution in [2.45, 2.75) is 25.3 Å². The minimum atomic E-state index is -0.135. The van der Waals surface area contributed by atoms with E-state index in [0.717, 1.165) is 31.3 Å². The fourth-order valence-electron chi connectivity index (χ4n) is 3.77. The number of rotatable bonds is 3. The summed E-state index contributed by atoms with van der Waals surface area (Å²) in [5, 5.41) is 5.72. The topological polar surface area (TPSA) is 60.1 Å². The number of likely N-dealkylation sites (tertiary alicyclic amines) is 1. The largest absolute Gasteiger partial charge is 0.351 e. The maximum Gasteiger partial charge on any atom is 0.274 e. The van der Waals surface area contributed by atoms with Crippen molar-refractivity contribution in [3.05, 3.63) is 64.8 Å². The van der Waals surface area contributed by atoms with Gasteiger partial charge in [-0.15, -0.1) is 0 Å². The van der Waals surface area contributed by atoms with Crippen molar-refractivity contribution in [1.82, 2.24) is 19.2 Å². The van der Waals surface area contributed by atoms with Crippen LogP contribution in [0.15, 0.2) is 53.6 Å². The Bertz CT molecular complexity index is 983. The van der Waals surface area contributed by atoms with Crippen LogP contribution >= 0.6 is 0 Å². The molecule has 0 saturated carbocycles. The molecular formula is C20H22N4O2. The summed E-state index contributed by atoms with van der Waals surface area (Å²) in [5.74, 6) is 0.0762. The van der Waals surface area contributed by atoms with Crippen LogP contribution in [0.1, 0.15) is 24.6 Å². The van der Waals surface area contributed by atoms with Gasteiger partial charge in [-0.1, -0.05) is 18.2 Å². The molecule has 2 aromatic heterocycles. The summed E-state index contributed by atoms with van der Waals surface area (Å²) in [4.78, 5) is 26.9. The summed E-state index contributed by atoms with van der Waals surface area (Å²) in [5.41, 5.74) is 0.532. The van der Waals surface area contributed by atoms with Crippen LogP contribution < -0.4 is 5.56 Å². The average molecular weight is 350 g/mol. The number of aryl methyl sites for hydroxylation is 1.